The van der Waals surface area contributed by atoms with Gasteiger partial charge in [0.15, 0.2) is 0 Å². The zero-order chi connectivity index (χ0) is 13.0. The Morgan fingerprint density at radius 2 is 2.06 bits per heavy atom. The van der Waals surface area contributed by atoms with Crippen molar-refractivity contribution in [1.82, 2.24) is 20.2 Å². The van der Waals surface area contributed by atoms with Gasteiger partial charge in [0, 0.05) is 5.56 Å². The normalized spacial score (nSPS) is 10.5. The standard InChI is InChI=1S/C12H14N4O2/c1-2-9-3-5-10(6-4-9)12-13-15-16(14-12)8-7-11(17)18/h3-6H,2,7-8H2,1H3,(H,17,18). The predicted octanol–water partition coefficient (Wildman–Crippen LogP) is 1.38. The maximum Gasteiger partial charge on any atom is 0.305 e. The topological polar surface area (TPSA) is 80.9 Å². The van der Waals surface area contributed by atoms with E-state index in [0.29, 0.717) is 5.82 Å². The third kappa shape index (κ3) is 2.91. The van der Waals surface area contributed by atoms with Crippen LogP contribution in [-0.2, 0) is 17.8 Å². The van der Waals surface area contributed by atoms with Crippen LogP contribution in [0.25, 0.3) is 11.4 Å². The molecule has 0 bridgehead atoms. The molecule has 0 radical (unpaired) electrons. The van der Waals surface area contributed by atoms with Crippen LogP contribution in [0, 0.1) is 0 Å². The highest BCUT2D eigenvalue weighted by Gasteiger charge is 2.06. The Hall–Kier alpha value is -2.24. The van der Waals surface area contributed by atoms with E-state index in [2.05, 4.69) is 22.3 Å². The molecule has 1 aromatic heterocycles. The summed E-state index contributed by atoms with van der Waals surface area (Å²) in [6.45, 7) is 2.32. The molecule has 0 spiro atoms. The molecule has 0 saturated carbocycles. The summed E-state index contributed by atoms with van der Waals surface area (Å²) in [6.07, 6.45) is 0.976. The van der Waals surface area contributed by atoms with Crippen molar-refractivity contribution in [3.8, 4) is 11.4 Å². The minimum atomic E-state index is -0.874. The summed E-state index contributed by atoms with van der Waals surface area (Å²) in [5.74, 6) is -0.357. The van der Waals surface area contributed by atoms with E-state index in [1.54, 1.807) is 0 Å². The number of hydrogen-bond acceptors (Lipinski definition) is 4. The van der Waals surface area contributed by atoms with Gasteiger partial charge in [-0.1, -0.05) is 31.2 Å². The Kier molecular flexibility index (Phi) is 3.66. The monoisotopic (exact) mass is 246 g/mol. The first-order valence-corrected chi connectivity index (χ1v) is 5.78. The molecular weight excluding hydrogens is 232 g/mol. The summed E-state index contributed by atoms with van der Waals surface area (Å²) in [6, 6.07) is 7.93. The molecular formula is C12H14N4O2. The van der Waals surface area contributed by atoms with Crippen molar-refractivity contribution in [2.45, 2.75) is 26.3 Å². The molecule has 0 fully saturated rings. The smallest absolute Gasteiger partial charge is 0.305 e. The minimum Gasteiger partial charge on any atom is -0.481 e. The first-order valence-electron chi connectivity index (χ1n) is 5.78. The second-order valence-corrected chi connectivity index (χ2v) is 3.90. The lowest BCUT2D eigenvalue weighted by molar-refractivity contribution is -0.137. The quantitative estimate of drug-likeness (QED) is 0.861. The number of nitrogens with zero attached hydrogens (tertiary/aromatic N) is 4. The zero-order valence-corrected chi connectivity index (χ0v) is 10.1. The van der Waals surface area contributed by atoms with Crippen molar-refractivity contribution in [3.05, 3.63) is 29.8 Å². The fraction of sp³-hybridized carbons (Fsp3) is 0.333. The van der Waals surface area contributed by atoms with E-state index >= 15 is 0 Å². The lowest BCUT2D eigenvalue weighted by Gasteiger charge is -1.97. The van der Waals surface area contributed by atoms with Gasteiger partial charge in [-0.05, 0) is 17.2 Å². The molecule has 94 valence electrons. The molecule has 18 heavy (non-hydrogen) atoms. The van der Waals surface area contributed by atoms with E-state index in [1.807, 2.05) is 24.3 Å². The SMILES string of the molecule is CCc1ccc(-c2nnn(CCC(=O)O)n2)cc1. The molecule has 0 amide bonds. The first-order chi connectivity index (χ1) is 8.69. The minimum absolute atomic E-state index is 0.00935. The number of carboxylic acids is 1. The van der Waals surface area contributed by atoms with E-state index in [4.69, 9.17) is 5.11 Å². The Morgan fingerprint density at radius 1 is 1.33 bits per heavy atom. The van der Waals surface area contributed by atoms with Crippen LogP contribution in [0.15, 0.2) is 24.3 Å². The fourth-order valence-corrected chi connectivity index (χ4v) is 1.54. The van der Waals surface area contributed by atoms with Gasteiger partial charge in [0.1, 0.15) is 0 Å². The number of rotatable bonds is 5. The van der Waals surface area contributed by atoms with Crippen LogP contribution in [0.4, 0.5) is 0 Å². The summed E-state index contributed by atoms with van der Waals surface area (Å²) < 4.78 is 0. The van der Waals surface area contributed by atoms with Gasteiger partial charge in [-0.3, -0.25) is 4.79 Å². The summed E-state index contributed by atoms with van der Waals surface area (Å²) in [7, 11) is 0. The molecule has 1 N–H and O–H groups in total. The second kappa shape index (κ2) is 5.39. The van der Waals surface area contributed by atoms with E-state index in [-0.39, 0.29) is 13.0 Å². The molecule has 0 unspecified atom stereocenters. The molecule has 0 atom stereocenters. The van der Waals surface area contributed by atoms with Gasteiger partial charge >= 0.3 is 5.97 Å². The van der Waals surface area contributed by atoms with Crippen LogP contribution in [0.3, 0.4) is 0 Å². The van der Waals surface area contributed by atoms with Crippen LogP contribution >= 0.6 is 0 Å². The van der Waals surface area contributed by atoms with Gasteiger partial charge in [0.2, 0.25) is 5.82 Å². The van der Waals surface area contributed by atoms with Crippen LogP contribution in [0.1, 0.15) is 18.9 Å². The summed E-state index contributed by atoms with van der Waals surface area (Å²) in [5.41, 5.74) is 2.13. The van der Waals surface area contributed by atoms with Gasteiger partial charge in [0.25, 0.3) is 0 Å². The van der Waals surface area contributed by atoms with Crippen molar-refractivity contribution in [2.75, 3.05) is 0 Å². The molecule has 0 aliphatic carbocycles. The third-order valence-corrected chi connectivity index (χ3v) is 2.60. The molecule has 6 heteroatoms. The van der Waals surface area contributed by atoms with E-state index in [9.17, 15) is 4.79 Å². The van der Waals surface area contributed by atoms with Gasteiger partial charge in [-0.25, -0.2) is 0 Å². The number of hydrogen-bond donors (Lipinski definition) is 1. The van der Waals surface area contributed by atoms with Crippen LogP contribution in [-0.4, -0.2) is 31.3 Å². The van der Waals surface area contributed by atoms with Gasteiger partial charge in [-0.2, -0.15) is 4.80 Å². The van der Waals surface area contributed by atoms with Crippen molar-refractivity contribution in [3.63, 3.8) is 0 Å². The van der Waals surface area contributed by atoms with Gasteiger partial charge in [0.05, 0.1) is 13.0 Å². The average molecular weight is 246 g/mol. The number of carboxylic acid groups (broad SMARTS) is 1. The van der Waals surface area contributed by atoms with E-state index in [1.165, 1.54) is 10.4 Å². The Balaban J connectivity index is 2.10. The lowest BCUT2D eigenvalue weighted by Crippen LogP contribution is -2.07. The Labute approximate surface area is 104 Å². The van der Waals surface area contributed by atoms with Gasteiger partial charge < -0.3 is 5.11 Å². The van der Waals surface area contributed by atoms with Crippen molar-refractivity contribution < 1.29 is 9.90 Å². The van der Waals surface area contributed by atoms with Crippen molar-refractivity contribution in [2.24, 2.45) is 0 Å². The summed E-state index contributed by atoms with van der Waals surface area (Å²) in [5, 5.41) is 20.4. The predicted molar refractivity (Wildman–Crippen MR) is 64.9 cm³/mol. The van der Waals surface area contributed by atoms with Crippen molar-refractivity contribution >= 4 is 5.97 Å². The van der Waals surface area contributed by atoms with E-state index < -0.39 is 5.97 Å². The van der Waals surface area contributed by atoms with E-state index in [0.717, 1.165) is 12.0 Å². The first kappa shape index (κ1) is 12.2. The molecule has 1 aromatic carbocycles. The molecule has 1 heterocycles. The Bertz CT molecular complexity index is 533. The second-order valence-electron chi connectivity index (χ2n) is 3.90. The average Bonchev–Trinajstić information content (AvgIpc) is 2.85. The molecule has 6 nitrogen and oxygen atoms in total. The molecule has 0 saturated heterocycles. The highest BCUT2D eigenvalue weighted by atomic mass is 16.4. The number of aryl methyl sites for hydroxylation is 2. The van der Waals surface area contributed by atoms with Gasteiger partial charge in [-0.15, -0.1) is 10.2 Å². The number of carbonyl (C=O) groups is 1. The fourth-order valence-electron chi connectivity index (χ4n) is 1.54. The number of benzene rings is 1. The summed E-state index contributed by atoms with van der Waals surface area (Å²) >= 11 is 0. The lowest BCUT2D eigenvalue weighted by atomic mass is 10.1. The largest absolute Gasteiger partial charge is 0.481 e. The van der Waals surface area contributed by atoms with Crippen LogP contribution in [0.5, 0.6) is 0 Å². The van der Waals surface area contributed by atoms with Crippen LogP contribution in [0.2, 0.25) is 0 Å². The highest BCUT2D eigenvalue weighted by molar-refractivity contribution is 5.66. The number of aromatic nitrogens is 4. The maximum absolute atomic E-state index is 10.4. The summed E-state index contributed by atoms with van der Waals surface area (Å²) in [4.78, 5) is 11.7. The maximum atomic E-state index is 10.4. The zero-order valence-electron chi connectivity index (χ0n) is 10.1. The Morgan fingerprint density at radius 3 is 2.67 bits per heavy atom. The van der Waals surface area contributed by atoms with Crippen molar-refractivity contribution in [1.29, 1.82) is 0 Å². The highest BCUT2D eigenvalue weighted by Crippen LogP contribution is 2.14. The molecule has 2 aromatic rings. The molecule has 0 aliphatic rings. The van der Waals surface area contributed by atoms with Crippen LogP contribution < -0.4 is 0 Å². The number of aliphatic carboxylic acids is 1. The number of tetrazole rings is 1. The molecule has 0 aliphatic heterocycles. The molecule has 2 rings (SSSR count). The third-order valence-electron chi connectivity index (χ3n) is 2.60.